The first kappa shape index (κ1) is 15.3. The molecule has 1 heterocycles. The number of para-hydroxylation sites is 2. The molecule has 0 aliphatic carbocycles. The molecule has 1 aromatic carbocycles. The van der Waals surface area contributed by atoms with Crippen molar-refractivity contribution in [3.8, 4) is 0 Å². The number of nitrogens with zero attached hydrogens (tertiary/aromatic N) is 2. The smallest absolute Gasteiger partial charge is 0.419 e. The summed E-state index contributed by atoms with van der Waals surface area (Å²) < 4.78 is 11.6. The van der Waals surface area contributed by atoms with Gasteiger partial charge in [0, 0.05) is 26.7 Å². The third-order valence-corrected chi connectivity index (χ3v) is 3.18. The van der Waals surface area contributed by atoms with E-state index in [0.717, 1.165) is 0 Å². The molecule has 0 saturated heterocycles. The van der Waals surface area contributed by atoms with Gasteiger partial charge in [-0.25, -0.2) is 4.79 Å². The number of rotatable bonds is 8. The second-order valence-electron chi connectivity index (χ2n) is 4.65. The van der Waals surface area contributed by atoms with E-state index >= 15 is 0 Å². The molecule has 21 heavy (non-hydrogen) atoms. The van der Waals surface area contributed by atoms with Gasteiger partial charge in [-0.3, -0.25) is 14.3 Å². The van der Waals surface area contributed by atoms with Crippen molar-refractivity contribution in [2.75, 3.05) is 33.4 Å². The number of fused-ring (bicyclic) bond motifs is 1. The Labute approximate surface area is 121 Å². The van der Waals surface area contributed by atoms with Crippen LogP contribution in [-0.2, 0) is 16.1 Å². The minimum Gasteiger partial charge on any atom is -0.480 e. The third kappa shape index (κ3) is 3.93. The van der Waals surface area contributed by atoms with Crippen LogP contribution in [0.4, 0.5) is 0 Å². The number of hydrogen-bond donors (Lipinski definition) is 1. The summed E-state index contributed by atoms with van der Waals surface area (Å²) in [6, 6.07) is 7.16. The fourth-order valence-electron chi connectivity index (χ4n) is 2.15. The largest absolute Gasteiger partial charge is 0.480 e. The Hall–Kier alpha value is -2.12. The minimum absolute atomic E-state index is 0.0894. The van der Waals surface area contributed by atoms with Gasteiger partial charge >= 0.3 is 11.7 Å². The van der Waals surface area contributed by atoms with E-state index in [4.69, 9.17) is 14.3 Å². The van der Waals surface area contributed by atoms with E-state index in [9.17, 15) is 9.59 Å². The van der Waals surface area contributed by atoms with E-state index in [1.54, 1.807) is 30.2 Å². The summed E-state index contributed by atoms with van der Waals surface area (Å²) >= 11 is 0. The lowest BCUT2D eigenvalue weighted by Crippen LogP contribution is -2.36. The van der Waals surface area contributed by atoms with Gasteiger partial charge in [0.25, 0.3) is 0 Å². The lowest BCUT2D eigenvalue weighted by Gasteiger charge is -2.19. The topological polar surface area (TPSA) is 84.9 Å². The fraction of sp³-hybridized carbons (Fsp3) is 0.429. The van der Waals surface area contributed by atoms with E-state index in [2.05, 4.69) is 0 Å². The van der Waals surface area contributed by atoms with Crippen LogP contribution in [0.1, 0.15) is 0 Å². The second-order valence-corrected chi connectivity index (χ2v) is 4.65. The Balaban J connectivity index is 2.09. The Bertz CT molecular complexity index is 661. The second kappa shape index (κ2) is 7.05. The highest BCUT2D eigenvalue weighted by molar-refractivity contribution is 5.72. The molecule has 0 fully saturated rings. The van der Waals surface area contributed by atoms with Crippen molar-refractivity contribution in [2.45, 2.75) is 6.54 Å². The molecule has 0 radical (unpaired) electrons. The van der Waals surface area contributed by atoms with Gasteiger partial charge in [0.15, 0.2) is 5.58 Å². The zero-order valence-corrected chi connectivity index (χ0v) is 11.8. The number of oxazole rings is 1. The normalized spacial score (nSPS) is 11.3. The van der Waals surface area contributed by atoms with Crippen molar-refractivity contribution in [2.24, 2.45) is 0 Å². The van der Waals surface area contributed by atoms with Gasteiger partial charge in [-0.1, -0.05) is 12.1 Å². The van der Waals surface area contributed by atoms with E-state index in [0.29, 0.717) is 37.3 Å². The van der Waals surface area contributed by atoms with Crippen molar-refractivity contribution < 1.29 is 19.1 Å². The first-order valence-electron chi connectivity index (χ1n) is 6.63. The standard InChI is InChI=1S/C14H18N2O5/c1-20-9-8-15(10-13(17)18)6-7-16-11-4-2-3-5-12(11)21-14(16)19/h2-5H,6-10H2,1H3,(H,17,18). The first-order valence-corrected chi connectivity index (χ1v) is 6.63. The maximum atomic E-state index is 11.8. The number of benzene rings is 1. The molecule has 7 heteroatoms. The van der Waals surface area contributed by atoms with Gasteiger partial charge < -0.3 is 14.3 Å². The Morgan fingerprint density at radius 3 is 2.86 bits per heavy atom. The van der Waals surface area contributed by atoms with Crippen molar-refractivity contribution >= 4 is 17.1 Å². The monoisotopic (exact) mass is 294 g/mol. The van der Waals surface area contributed by atoms with Crippen LogP contribution in [0.5, 0.6) is 0 Å². The quantitative estimate of drug-likeness (QED) is 0.768. The van der Waals surface area contributed by atoms with E-state index < -0.39 is 11.7 Å². The lowest BCUT2D eigenvalue weighted by molar-refractivity contribution is -0.138. The molecule has 0 unspecified atom stereocenters. The van der Waals surface area contributed by atoms with Crippen LogP contribution in [0, 0.1) is 0 Å². The molecule has 0 spiro atoms. The lowest BCUT2D eigenvalue weighted by atomic mass is 10.3. The van der Waals surface area contributed by atoms with Crippen LogP contribution >= 0.6 is 0 Å². The zero-order valence-electron chi connectivity index (χ0n) is 11.8. The van der Waals surface area contributed by atoms with Crippen molar-refractivity contribution in [1.29, 1.82) is 0 Å². The molecular weight excluding hydrogens is 276 g/mol. The van der Waals surface area contributed by atoms with E-state index in [-0.39, 0.29) is 6.54 Å². The molecule has 0 amide bonds. The van der Waals surface area contributed by atoms with Gasteiger partial charge in [0.05, 0.1) is 18.7 Å². The highest BCUT2D eigenvalue weighted by Crippen LogP contribution is 2.11. The van der Waals surface area contributed by atoms with Crippen LogP contribution in [0.2, 0.25) is 0 Å². The van der Waals surface area contributed by atoms with Crippen LogP contribution in [0.15, 0.2) is 33.5 Å². The third-order valence-electron chi connectivity index (χ3n) is 3.18. The highest BCUT2D eigenvalue weighted by Gasteiger charge is 2.13. The highest BCUT2D eigenvalue weighted by atomic mass is 16.5. The minimum atomic E-state index is -0.907. The van der Waals surface area contributed by atoms with E-state index in [1.165, 1.54) is 4.57 Å². The fourth-order valence-corrected chi connectivity index (χ4v) is 2.15. The van der Waals surface area contributed by atoms with Gasteiger partial charge in [-0.2, -0.15) is 0 Å². The van der Waals surface area contributed by atoms with Gasteiger partial charge in [-0.05, 0) is 12.1 Å². The van der Waals surface area contributed by atoms with Gasteiger partial charge in [0.2, 0.25) is 0 Å². The van der Waals surface area contributed by atoms with Crippen LogP contribution in [-0.4, -0.2) is 53.9 Å². The summed E-state index contributed by atoms with van der Waals surface area (Å²) in [5, 5.41) is 8.90. The average molecular weight is 294 g/mol. The first-order chi connectivity index (χ1) is 10.1. The van der Waals surface area contributed by atoms with Crippen LogP contribution in [0.25, 0.3) is 11.1 Å². The summed E-state index contributed by atoms with van der Waals surface area (Å²) in [5.74, 6) is -1.34. The molecule has 1 aromatic heterocycles. The molecule has 1 N–H and O–H groups in total. The molecule has 0 aliphatic heterocycles. The molecule has 0 bridgehead atoms. The number of carbonyl (C=O) groups is 1. The van der Waals surface area contributed by atoms with Crippen molar-refractivity contribution in [1.82, 2.24) is 9.47 Å². The molecule has 0 aliphatic rings. The number of ether oxygens (including phenoxy) is 1. The van der Waals surface area contributed by atoms with E-state index in [1.807, 2.05) is 6.07 Å². The molecule has 114 valence electrons. The number of aliphatic carboxylic acids is 1. The number of methoxy groups -OCH3 is 1. The Morgan fingerprint density at radius 1 is 1.38 bits per heavy atom. The number of carboxylic acids is 1. The maximum Gasteiger partial charge on any atom is 0.419 e. The average Bonchev–Trinajstić information content (AvgIpc) is 2.77. The summed E-state index contributed by atoms with van der Waals surface area (Å²) in [4.78, 5) is 24.4. The molecular formula is C14H18N2O5. The number of aromatic nitrogens is 1. The SMILES string of the molecule is COCCN(CCn1c(=O)oc2ccccc21)CC(=O)O. The predicted octanol–water partition coefficient (Wildman–Crippen LogP) is 0.627. The van der Waals surface area contributed by atoms with Crippen molar-refractivity contribution in [3.05, 3.63) is 34.8 Å². The van der Waals surface area contributed by atoms with Crippen LogP contribution < -0.4 is 5.76 Å². The van der Waals surface area contributed by atoms with Crippen molar-refractivity contribution in [3.63, 3.8) is 0 Å². The predicted molar refractivity (Wildman–Crippen MR) is 76.4 cm³/mol. The number of carboxylic acid groups (broad SMARTS) is 1. The van der Waals surface area contributed by atoms with Gasteiger partial charge in [-0.15, -0.1) is 0 Å². The molecule has 0 saturated carbocycles. The summed E-state index contributed by atoms with van der Waals surface area (Å²) in [6.45, 7) is 1.64. The van der Waals surface area contributed by atoms with Gasteiger partial charge in [0.1, 0.15) is 0 Å². The molecule has 2 aromatic rings. The summed E-state index contributed by atoms with van der Waals surface area (Å²) in [7, 11) is 1.56. The molecule has 0 atom stereocenters. The summed E-state index contributed by atoms with van der Waals surface area (Å²) in [5.41, 5.74) is 1.24. The maximum absolute atomic E-state index is 11.8. The summed E-state index contributed by atoms with van der Waals surface area (Å²) in [6.07, 6.45) is 0. The Kier molecular flexibility index (Phi) is 5.13. The Morgan fingerprint density at radius 2 is 2.14 bits per heavy atom. The molecule has 7 nitrogen and oxygen atoms in total. The zero-order chi connectivity index (χ0) is 15.2. The number of hydrogen-bond acceptors (Lipinski definition) is 5. The molecule has 2 rings (SSSR count). The van der Waals surface area contributed by atoms with Crippen LogP contribution in [0.3, 0.4) is 0 Å².